The number of hydrogen-bond donors (Lipinski definition) is 1. The first kappa shape index (κ1) is 22.2. The molecule has 0 saturated heterocycles. The molecule has 2 aliphatic rings. The molecule has 1 aliphatic heterocycles. The molecule has 8 nitrogen and oxygen atoms in total. The molecule has 3 heterocycles. The van der Waals surface area contributed by atoms with Crippen LogP contribution in [-0.2, 0) is 4.79 Å². The third-order valence-corrected chi connectivity index (χ3v) is 6.26. The van der Waals surface area contributed by atoms with Crippen molar-refractivity contribution in [1.82, 2.24) is 15.3 Å². The highest BCUT2D eigenvalue weighted by atomic mass is 35.5. The predicted molar refractivity (Wildman–Crippen MR) is 126 cm³/mol. The van der Waals surface area contributed by atoms with Crippen LogP contribution < -0.4 is 19.7 Å². The van der Waals surface area contributed by atoms with Crippen LogP contribution in [0.1, 0.15) is 47.6 Å². The molecule has 0 spiro atoms. The molecule has 1 atom stereocenters. The second-order valence-corrected chi connectivity index (χ2v) is 8.65. The van der Waals surface area contributed by atoms with Crippen molar-refractivity contribution < 1.29 is 19.1 Å². The van der Waals surface area contributed by atoms with Crippen LogP contribution in [-0.4, -0.2) is 34.6 Å². The van der Waals surface area contributed by atoms with Crippen LogP contribution in [0.5, 0.6) is 11.5 Å². The summed E-state index contributed by atoms with van der Waals surface area (Å²) in [4.78, 5) is 37.3. The monoisotopic (exact) mass is 478 g/mol. The Kier molecular flexibility index (Phi) is 6.31. The molecular weight excluding hydrogens is 456 g/mol. The Morgan fingerprint density at radius 1 is 1.06 bits per heavy atom. The zero-order chi connectivity index (χ0) is 23.5. The van der Waals surface area contributed by atoms with E-state index in [2.05, 4.69) is 15.3 Å². The zero-order valence-electron chi connectivity index (χ0n) is 18.3. The Balaban J connectivity index is 1.60. The largest absolute Gasteiger partial charge is 0.454 e. The van der Waals surface area contributed by atoms with Gasteiger partial charge in [0.1, 0.15) is 11.2 Å². The molecule has 9 heteroatoms. The van der Waals surface area contributed by atoms with Gasteiger partial charge in [0.2, 0.25) is 12.7 Å². The fourth-order valence-corrected chi connectivity index (χ4v) is 4.48. The number of carbonyl (C=O) groups is 2. The number of nitrogens with one attached hydrogen (secondary N) is 1. The van der Waals surface area contributed by atoms with Gasteiger partial charge in [-0.1, -0.05) is 30.5 Å². The summed E-state index contributed by atoms with van der Waals surface area (Å²) in [5.41, 5.74) is 1.37. The maximum atomic E-state index is 13.9. The van der Waals surface area contributed by atoms with Crippen LogP contribution in [0.15, 0.2) is 61.1 Å². The Labute approximate surface area is 201 Å². The van der Waals surface area contributed by atoms with Crippen LogP contribution in [0.2, 0.25) is 5.15 Å². The first-order chi connectivity index (χ1) is 16.6. The fourth-order valence-electron chi connectivity index (χ4n) is 4.37. The summed E-state index contributed by atoms with van der Waals surface area (Å²) >= 11 is 5.94. The van der Waals surface area contributed by atoms with Gasteiger partial charge in [-0.25, -0.2) is 4.98 Å². The summed E-state index contributed by atoms with van der Waals surface area (Å²) in [5.74, 6) is 0.412. The van der Waals surface area contributed by atoms with Crippen molar-refractivity contribution in [2.24, 2.45) is 0 Å². The van der Waals surface area contributed by atoms with Crippen molar-refractivity contribution in [3.63, 3.8) is 0 Å². The molecular formula is C25H23ClN4O4. The van der Waals surface area contributed by atoms with Crippen molar-refractivity contribution >= 4 is 29.1 Å². The standard InChI is InChI=1S/C25H23ClN4O4/c26-22-10-7-17(14-28-22)25(32)30(19-8-9-20-21(12-19)34-15-33-20)23(16-4-3-11-27-13-16)24(31)29-18-5-1-2-6-18/h3-4,7-14,18,23H,1-2,5-6,15H2,(H,29,31). The summed E-state index contributed by atoms with van der Waals surface area (Å²) in [6, 6.07) is 11.0. The van der Waals surface area contributed by atoms with E-state index in [4.69, 9.17) is 21.1 Å². The third kappa shape index (κ3) is 4.54. The lowest BCUT2D eigenvalue weighted by Crippen LogP contribution is -2.46. The van der Waals surface area contributed by atoms with Crippen LogP contribution >= 0.6 is 11.6 Å². The summed E-state index contributed by atoms with van der Waals surface area (Å²) in [7, 11) is 0. The van der Waals surface area contributed by atoms with E-state index in [9.17, 15) is 9.59 Å². The van der Waals surface area contributed by atoms with E-state index >= 15 is 0 Å². The van der Waals surface area contributed by atoms with Crippen LogP contribution in [0.4, 0.5) is 5.69 Å². The van der Waals surface area contributed by atoms with E-state index < -0.39 is 11.9 Å². The first-order valence-electron chi connectivity index (χ1n) is 11.2. The first-order valence-corrected chi connectivity index (χ1v) is 11.5. The zero-order valence-corrected chi connectivity index (χ0v) is 19.1. The lowest BCUT2D eigenvalue weighted by Gasteiger charge is -2.32. The number of pyridine rings is 2. The molecule has 3 aromatic rings. The average Bonchev–Trinajstić information content (AvgIpc) is 3.54. The SMILES string of the molecule is O=C(NC1CCCC1)C(c1cccnc1)N(C(=O)c1ccc(Cl)nc1)c1ccc2c(c1)OCO2. The number of anilines is 1. The highest BCUT2D eigenvalue weighted by Gasteiger charge is 2.36. The van der Waals surface area contributed by atoms with Gasteiger partial charge in [0, 0.05) is 41.9 Å². The van der Waals surface area contributed by atoms with Crippen molar-refractivity contribution in [1.29, 1.82) is 0 Å². The Morgan fingerprint density at radius 2 is 1.88 bits per heavy atom. The number of hydrogen-bond acceptors (Lipinski definition) is 6. The number of amides is 2. The van der Waals surface area contributed by atoms with Crippen molar-refractivity contribution in [2.75, 3.05) is 11.7 Å². The quantitative estimate of drug-likeness (QED) is 0.531. The minimum atomic E-state index is -0.960. The van der Waals surface area contributed by atoms with Gasteiger partial charge in [0.25, 0.3) is 5.91 Å². The third-order valence-electron chi connectivity index (χ3n) is 6.04. The number of ether oxygens (including phenoxy) is 2. The molecule has 1 fully saturated rings. The highest BCUT2D eigenvalue weighted by Crippen LogP contribution is 2.38. The molecule has 1 N–H and O–H groups in total. The highest BCUT2D eigenvalue weighted by molar-refractivity contribution is 6.29. The minimum absolute atomic E-state index is 0.0811. The van der Waals surface area contributed by atoms with Crippen LogP contribution in [0.25, 0.3) is 0 Å². The van der Waals surface area contributed by atoms with E-state index in [1.165, 1.54) is 11.1 Å². The van der Waals surface area contributed by atoms with Gasteiger partial charge in [0.15, 0.2) is 11.5 Å². The average molecular weight is 479 g/mol. The Hall–Kier alpha value is -3.65. The van der Waals surface area contributed by atoms with Gasteiger partial charge in [-0.3, -0.25) is 19.5 Å². The van der Waals surface area contributed by atoms with E-state index in [1.807, 2.05) is 0 Å². The predicted octanol–water partition coefficient (Wildman–Crippen LogP) is 4.31. The minimum Gasteiger partial charge on any atom is -0.454 e. The van der Waals surface area contributed by atoms with Gasteiger partial charge in [-0.15, -0.1) is 0 Å². The topological polar surface area (TPSA) is 93.7 Å². The van der Waals surface area contributed by atoms with Gasteiger partial charge >= 0.3 is 0 Å². The second kappa shape index (κ2) is 9.69. The van der Waals surface area contributed by atoms with Crippen LogP contribution in [0.3, 0.4) is 0 Å². The molecule has 5 rings (SSSR count). The molecule has 1 aromatic carbocycles. The molecule has 0 bridgehead atoms. The smallest absolute Gasteiger partial charge is 0.260 e. The lowest BCUT2D eigenvalue weighted by molar-refractivity contribution is -0.123. The van der Waals surface area contributed by atoms with Crippen molar-refractivity contribution in [3.8, 4) is 11.5 Å². The van der Waals surface area contributed by atoms with E-state index in [-0.39, 0.29) is 23.9 Å². The summed E-state index contributed by atoms with van der Waals surface area (Å²) in [5, 5.41) is 3.41. The van der Waals surface area contributed by atoms with Crippen molar-refractivity contribution in [2.45, 2.75) is 37.8 Å². The molecule has 1 saturated carbocycles. The number of halogens is 1. The lowest BCUT2D eigenvalue weighted by atomic mass is 10.0. The molecule has 174 valence electrons. The van der Waals surface area contributed by atoms with Gasteiger partial charge < -0.3 is 14.8 Å². The molecule has 2 amide bonds. The molecule has 0 radical (unpaired) electrons. The van der Waals surface area contributed by atoms with Crippen LogP contribution in [0, 0.1) is 0 Å². The summed E-state index contributed by atoms with van der Waals surface area (Å²) in [6.45, 7) is 0.0992. The van der Waals surface area contributed by atoms with E-state index in [0.717, 1.165) is 25.7 Å². The van der Waals surface area contributed by atoms with E-state index in [1.54, 1.807) is 54.9 Å². The van der Waals surface area contributed by atoms with Gasteiger partial charge in [0.05, 0.1) is 5.56 Å². The number of fused-ring (bicyclic) bond motifs is 1. The Morgan fingerprint density at radius 3 is 2.62 bits per heavy atom. The molecule has 1 aliphatic carbocycles. The number of carbonyl (C=O) groups excluding carboxylic acids is 2. The molecule has 2 aromatic heterocycles. The van der Waals surface area contributed by atoms with Gasteiger partial charge in [-0.2, -0.15) is 0 Å². The normalized spacial score (nSPS) is 15.7. The number of benzene rings is 1. The maximum Gasteiger partial charge on any atom is 0.260 e. The fraction of sp³-hybridized carbons (Fsp3) is 0.280. The molecule has 1 unspecified atom stereocenters. The van der Waals surface area contributed by atoms with E-state index in [0.29, 0.717) is 28.3 Å². The van der Waals surface area contributed by atoms with Gasteiger partial charge in [-0.05, 0) is 43.2 Å². The number of nitrogens with zero attached hydrogens (tertiary/aromatic N) is 3. The second-order valence-electron chi connectivity index (χ2n) is 8.26. The molecule has 34 heavy (non-hydrogen) atoms. The summed E-state index contributed by atoms with van der Waals surface area (Å²) < 4.78 is 11.0. The Bertz CT molecular complexity index is 1180. The number of rotatable bonds is 6. The maximum absolute atomic E-state index is 13.9. The summed E-state index contributed by atoms with van der Waals surface area (Å²) in [6.07, 6.45) is 8.63. The number of aromatic nitrogens is 2. The van der Waals surface area contributed by atoms with Crippen molar-refractivity contribution in [3.05, 3.63) is 77.3 Å².